The van der Waals surface area contributed by atoms with Crippen LogP contribution in [0, 0.1) is 10.1 Å². The van der Waals surface area contributed by atoms with Crippen molar-refractivity contribution in [2.45, 2.75) is 58.4 Å². The van der Waals surface area contributed by atoms with Crippen LogP contribution in [0.15, 0.2) is 12.1 Å². The van der Waals surface area contributed by atoms with Crippen LogP contribution in [0.2, 0.25) is 0 Å². The summed E-state index contributed by atoms with van der Waals surface area (Å²) in [6.45, 7) is 7.36. The zero-order valence-electron chi connectivity index (χ0n) is 19.3. The quantitative estimate of drug-likeness (QED) is 0.497. The van der Waals surface area contributed by atoms with E-state index >= 15 is 0 Å². The lowest BCUT2D eigenvalue weighted by atomic mass is 10.00. The van der Waals surface area contributed by atoms with Crippen LogP contribution in [0.1, 0.15) is 56.5 Å². The first-order chi connectivity index (χ1) is 15.2. The topological polar surface area (TPSA) is 105 Å². The first-order valence-corrected chi connectivity index (χ1v) is 10.5. The minimum atomic E-state index is -4.90. The minimum Gasteiger partial charge on any atom is -0.444 e. The van der Waals surface area contributed by atoms with Crippen molar-refractivity contribution in [2.24, 2.45) is 0 Å². The molecule has 9 nitrogen and oxygen atoms in total. The molecule has 33 heavy (non-hydrogen) atoms. The highest BCUT2D eigenvalue weighted by molar-refractivity contribution is 5.97. The monoisotopic (exact) mass is 474 g/mol. The number of carbonyl (C=O) groups excluding carboxylic acids is 2. The second-order valence-corrected chi connectivity index (χ2v) is 8.84. The number of benzene rings is 1. The molecule has 0 unspecified atom stereocenters. The normalized spacial score (nSPS) is 16.8. The predicted octanol–water partition coefficient (Wildman–Crippen LogP) is 4.52. The standard InChI is InChI=1S/C21H29F3N4O5/c1-6-25-16-11-15(21(22,23)24)14(10-17(16)28(31)32)18(29)26(5)13-8-7-9-27(12-13)19(30)33-20(2,3)4/h10-11,13,25H,6-9,12H2,1-5H3/t13-/m1/s1. The molecule has 0 aromatic heterocycles. The summed E-state index contributed by atoms with van der Waals surface area (Å²) in [6, 6.07) is 0.678. The van der Waals surface area contributed by atoms with Crippen molar-refractivity contribution in [3.8, 4) is 0 Å². The van der Waals surface area contributed by atoms with Crippen molar-refractivity contribution < 1.29 is 32.4 Å². The second-order valence-electron chi connectivity index (χ2n) is 8.84. The summed E-state index contributed by atoms with van der Waals surface area (Å²) in [6.07, 6.45) is -4.50. The highest BCUT2D eigenvalue weighted by Gasteiger charge is 2.40. The van der Waals surface area contributed by atoms with Crippen LogP contribution in [0.4, 0.5) is 29.3 Å². The van der Waals surface area contributed by atoms with E-state index in [2.05, 4.69) is 5.32 Å². The van der Waals surface area contributed by atoms with E-state index in [4.69, 9.17) is 4.74 Å². The maximum absolute atomic E-state index is 13.8. The number of nitro benzene ring substituents is 1. The zero-order valence-corrected chi connectivity index (χ0v) is 19.3. The van der Waals surface area contributed by atoms with Gasteiger partial charge in [-0.3, -0.25) is 14.9 Å². The highest BCUT2D eigenvalue weighted by atomic mass is 19.4. The molecule has 184 valence electrons. The Kier molecular flexibility index (Phi) is 7.81. The van der Waals surface area contributed by atoms with Gasteiger partial charge in [0.2, 0.25) is 0 Å². The molecule has 1 atom stereocenters. The molecule has 1 fully saturated rings. The van der Waals surface area contributed by atoms with Gasteiger partial charge in [-0.2, -0.15) is 13.2 Å². The number of nitrogens with zero attached hydrogens (tertiary/aromatic N) is 3. The summed E-state index contributed by atoms with van der Waals surface area (Å²) in [5.74, 6) is -1.01. The Hall–Kier alpha value is -3.05. The molecule has 0 spiro atoms. The van der Waals surface area contributed by atoms with Gasteiger partial charge in [0.05, 0.1) is 16.1 Å². The van der Waals surface area contributed by atoms with Gasteiger partial charge in [0, 0.05) is 38.8 Å². The molecule has 12 heteroatoms. The van der Waals surface area contributed by atoms with Gasteiger partial charge in [-0.05, 0) is 46.6 Å². The Bertz CT molecular complexity index is 914. The maximum Gasteiger partial charge on any atom is 0.417 e. The molecule has 1 aliphatic heterocycles. The largest absolute Gasteiger partial charge is 0.444 e. The molecule has 1 N–H and O–H groups in total. The van der Waals surface area contributed by atoms with Crippen molar-refractivity contribution in [3.63, 3.8) is 0 Å². The number of amides is 2. The molecule has 1 heterocycles. The summed E-state index contributed by atoms with van der Waals surface area (Å²) in [4.78, 5) is 38.6. The number of halogens is 3. The number of anilines is 1. The van der Waals surface area contributed by atoms with Crippen LogP contribution >= 0.6 is 0 Å². The molecule has 2 amide bonds. The highest BCUT2D eigenvalue weighted by Crippen LogP contribution is 2.38. The summed E-state index contributed by atoms with van der Waals surface area (Å²) in [7, 11) is 1.33. The Morgan fingerprint density at radius 1 is 1.30 bits per heavy atom. The van der Waals surface area contributed by atoms with E-state index in [-0.39, 0.29) is 18.8 Å². The van der Waals surface area contributed by atoms with Crippen LogP contribution in [0.5, 0.6) is 0 Å². The first kappa shape index (κ1) is 26.2. The molecule has 0 aliphatic carbocycles. The molecule has 0 bridgehead atoms. The Balaban J connectivity index is 2.38. The molecule has 0 radical (unpaired) electrons. The third-order valence-electron chi connectivity index (χ3n) is 5.15. The van der Waals surface area contributed by atoms with E-state index in [1.807, 2.05) is 0 Å². The third-order valence-corrected chi connectivity index (χ3v) is 5.15. The van der Waals surface area contributed by atoms with Gasteiger partial charge in [0.25, 0.3) is 11.6 Å². The predicted molar refractivity (Wildman–Crippen MR) is 115 cm³/mol. The minimum absolute atomic E-state index is 0.0794. The fourth-order valence-electron chi connectivity index (χ4n) is 3.60. The number of hydrogen-bond donors (Lipinski definition) is 1. The molecular weight excluding hydrogens is 445 g/mol. The number of ether oxygens (including phenoxy) is 1. The number of carbonyl (C=O) groups is 2. The van der Waals surface area contributed by atoms with Crippen molar-refractivity contribution in [3.05, 3.63) is 33.4 Å². The number of nitro groups is 1. The maximum atomic E-state index is 13.8. The van der Waals surface area contributed by atoms with Crippen molar-refractivity contribution in [1.29, 1.82) is 0 Å². The van der Waals surface area contributed by atoms with Gasteiger partial charge in [0.1, 0.15) is 11.3 Å². The van der Waals surface area contributed by atoms with Crippen molar-refractivity contribution in [1.82, 2.24) is 9.80 Å². The third kappa shape index (κ3) is 6.48. The SMILES string of the molecule is CCNc1cc(C(F)(F)F)c(C(=O)N(C)[C@@H]2CCCN(C(=O)OC(C)(C)C)C2)cc1[N+](=O)[O-]. The summed E-state index contributed by atoms with van der Waals surface area (Å²) in [5, 5.41) is 14.0. The average Bonchev–Trinajstić information content (AvgIpc) is 2.70. The Morgan fingerprint density at radius 3 is 2.45 bits per heavy atom. The van der Waals surface area contributed by atoms with E-state index in [0.717, 1.165) is 4.90 Å². The number of hydrogen-bond acceptors (Lipinski definition) is 6. The van der Waals surface area contributed by atoms with Crippen molar-refractivity contribution in [2.75, 3.05) is 32.0 Å². The fourth-order valence-corrected chi connectivity index (χ4v) is 3.60. The van der Waals surface area contributed by atoms with Crippen LogP contribution in [0.3, 0.4) is 0 Å². The smallest absolute Gasteiger partial charge is 0.417 e. The number of likely N-dealkylation sites (tertiary alicyclic amines) is 1. The molecule has 1 aliphatic rings. The molecule has 1 saturated heterocycles. The summed E-state index contributed by atoms with van der Waals surface area (Å²) in [5.41, 5.74) is -3.74. The van der Waals surface area contributed by atoms with Crippen LogP contribution in [-0.2, 0) is 10.9 Å². The lowest BCUT2D eigenvalue weighted by molar-refractivity contribution is -0.384. The van der Waals surface area contributed by atoms with Gasteiger partial charge >= 0.3 is 12.3 Å². The number of piperidine rings is 1. The number of alkyl halides is 3. The van der Waals surface area contributed by atoms with E-state index in [9.17, 15) is 32.9 Å². The molecule has 0 saturated carbocycles. The number of likely N-dealkylation sites (N-methyl/N-ethyl adjacent to an activating group) is 1. The van der Waals surface area contributed by atoms with E-state index in [1.165, 1.54) is 11.9 Å². The van der Waals surface area contributed by atoms with Crippen LogP contribution < -0.4 is 5.32 Å². The van der Waals surface area contributed by atoms with Crippen LogP contribution in [-0.4, -0.2) is 65.0 Å². The van der Waals surface area contributed by atoms with E-state index < -0.39 is 51.6 Å². The average molecular weight is 474 g/mol. The summed E-state index contributed by atoms with van der Waals surface area (Å²) >= 11 is 0. The molecule has 2 rings (SSSR count). The molecule has 1 aromatic carbocycles. The van der Waals surface area contributed by atoms with Gasteiger partial charge in [-0.15, -0.1) is 0 Å². The van der Waals surface area contributed by atoms with Gasteiger partial charge in [0.15, 0.2) is 0 Å². The second kappa shape index (κ2) is 9.84. The lowest BCUT2D eigenvalue weighted by Gasteiger charge is -2.38. The Morgan fingerprint density at radius 2 is 1.94 bits per heavy atom. The molecule has 1 aromatic rings. The van der Waals surface area contributed by atoms with E-state index in [1.54, 1.807) is 27.7 Å². The zero-order chi connectivity index (χ0) is 25.1. The van der Waals surface area contributed by atoms with Crippen LogP contribution in [0.25, 0.3) is 0 Å². The van der Waals surface area contributed by atoms with E-state index in [0.29, 0.717) is 31.5 Å². The van der Waals surface area contributed by atoms with Gasteiger partial charge in [-0.1, -0.05) is 0 Å². The number of rotatable bonds is 5. The Labute approximate surface area is 190 Å². The number of nitrogens with one attached hydrogen (secondary N) is 1. The molecular formula is C21H29F3N4O5. The van der Waals surface area contributed by atoms with Crippen molar-refractivity contribution >= 4 is 23.4 Å². The fraction of sp³-hybridized carbons (Fsp3) is 0.619. The summed E-state index contributed by atoms with van der Waals surface area (Å²) < 4.78 is 46.6. The van der Waals surface area contributed by atoms with Gasteiger partial charge < -0.3 is 19.9 Å². The first-order valence-electron chi connectivity index (χ1n) is 10.5. The lowest BCUT2D eigenvalue weighted by Crippen LogP contribution is -2.51. The van der Waals surface area contributed by atoms with Gasteiger partial charge in [-0.25, -0.2) is 4.79 Å².